The first-order valence-electron chi connectivity index (χ1n) is 7.60. The molecule has 4 rings (SSSR count). The van der Waals surface area contributed by atoms with Gasteiger partial charge >= 0.3 is 0 Å². The third kappa shape index (κ3) is 2.03. The van der Waals surface area contributed by atoms with Crippen LogP contribution >= 0.6 is 11.6 Å². The van der Waals surface area contributed by atoms with Crippen LogP contribution in [0.1, 0.15) is 13.3 Å². The van der Waals surface area contributed by atoms with E-state index in [2.05, 4.69) is 17.5 Å². The van der Waals surface area contributed by atoms with E-state index in [0.29, 0.717) is 16.4 Å². The summed E-state index contributed by atoms with van der Waals surface area (Å²) in [6.45, 7) is 1.38. The molecule has 2 bridgehead atoms. The number of nitrogens with one attached hydrogen (secondary N) is 1. The zero-order valence-corrected chi connectivity index (χ0v) is 13.2. The molecule has 0 unspecified atom stereocenters. The van der Waals surface area contributed by atoms with Crippen molar-refractivity contribution in [3.05, 3.63) is 35.4 Å². The van der Waals surface area contributed by atoms with Crippen LogP contribution in [-0.2, 0) is 14.4 Å². The molecule has 118 valence electrons. The second kappa shape index (κ2) is 4.93. The normalized spacial score (nSPS) is 31.0. The van der Waals surface area contributed by atoms with E-state index in [9.17, 15) is 14.4 Å². The van der Waals surface area contributed by atoms with Crippen molar-refractivity contribution < 1.29 is 14.4 Å². The molecule has 0 radical (unpaired) electrons. The Balaban J connectivity index is 1.70. The number of imide groups is 1. The number of hydrogen-bond acceptors (Lipinski definition) is 3. The van der Waals surface area contributed by atoms with E-state index in [1.165, 1.54) is 11.8 Å². The molecule has 1 saturated heterocycles. The SMILES string of the molecule is CC(=O)Nc1cc(N2C(=O)[C@@H]3[C@H](C2=O)[C@@H]2C=C[C@@H]3C2)ccc1Cl. The van der Waals surface area contributed by atoms with Crippen LogP contribution in [0.25, 0.3) is 0 Å². The minimum absolute atomic E-state index is 0.145. The van der Waals surface area contributed by atoms with Crippen molar-refractivity contribution in [3.63, 3.8) is 0 Å². The first-order valence-corrected chi connectivity index (χ1v) is 7.98. The van der Waals surface area contributed by atoms with Gasteiger partial charge in [-0.25, -0.2) is 4.90 Å². The molecular weight excluding hydrogens is 316 g/mol. The molecule has 0 aromatic heterocycles. The fourth-order valence-electron chi connectivity index (χ4n) is 4.09. The number of anilines is 2. The van der Waals surface area contributed by atoms with Gasteiger partial charge in [-0.3, -0.25) is 14.4 Å². The molecule has 3 aliphatic rings. The smallest absolute Gasteiger partial charge is 0.238 e. The van der Waals surface area contributed by atoms with Crippen molar-refractivity contribution in [1.82, 2.24) is 0 Å². The Bertz CT molecular complexity index is 743. The highest BCUT2D eigenvalue weighted by molar-refractivity contribution is 6.34. The Morgan fingerprint density at radius 2 is 1.78 bits per heavy atom. The topological polar surface area (TPSA) is 66.5 Å². The summed E-state index contributed by atoms with van der Waals surface area (Å²) in [4.78, 5) is 38.0. The van der Waals surface area contributed by atoms with Gasteiger partial charge in [-0.1, -0.05) is 23.8 Å². The summed E-state index contributed by atoms with van der Waals surface area (Å²) in [5, 5.41) is 2.98. The van der Waals surface area contributed by atoms with Gasteiger partial charge in [0, 0.05) is 6.92 Å². The Kier molecular flexibility index (Phi) is 3.10. The number of hydrogen-bond donors (Lipinski definition) is 1. The average molecular weight is 331 g/mol. The van der Waals surface area contributed by atoms with Gasteiger partial charge in [0.15, 0.2) is 0 Å². The quantitative estimate of drug-likeness (QED) is 0.669. The van der Waals surface area contributed by atoms with Crippen LogP contribution in [0.4, 0.5) is 11.4 Å². The Hall–Kier alpha value is -2.14. The average Bonchev–Trinajstić information content (AvgIpc) is 3.16. The first kappa shape index (κ1) is 14.5. The van der Waals surface area contributed by atoms with Gasteiger partial charge < -0.3 is 5.32 Å². The third-order valence-electron chi connectivity index (χ3n) is 4.99. The highest BCUT2D eigenvalue weighted by Gasteiger charge is 2.59. The summed E-state index contributed by atoms with van der Waals surface area (Å²) in [6, 6.07) is 4.80. The van der Waals surface area contributed by atoms with E-state index in [0.717, 1.165) is 6.42 Å². The summed E-state index contributed by atoms with van der Waals surface area (Å²) in [5.74, 6) is -0.681. The van der Waals surface area contributed by atoms with Crippen molar-refractivity contribution in [3.8, 4) is 0 Å². The van der Waals surface area contributed by atoms with E-state index < -0.39 is 0 Å². The standard InChI is InChI=1S/C17H15ClN2O3/c1-8(21)19-13-7-11(4-5-12(13)18)20-16(22)14-9-2-3-10(6-9)15(14)17(20)23/h2-5,7,9-10,14-15H,6H2,1H3,(H,19,21)/t9-,10-,14-,15+/m1/s1. The van der Waals surface area contributed by atoms with Crippen molar-refractivity contribution >= 4 is 40.7 Å². The maximum Gasteiger partial charge on any atom is 0.238 e. The minimum atomic E-state index is -0.262. The molecule has 1 N–H and O–H groups in total. The first-order chi connectivity index (χ1) is 11.0. The van der Waals surface area contributed by atoms with E-state index in [1.807, 2.05) is 0 Å². The molecule has 1 aliphatic heterocycles. The molecule has 1 aromatic carbocycles. The van der Waals surface area contributed by atoms with Gasteiger partial charge in [-0.15, -0.1) is 0 Å². The zero-order valence-electron chi connectivity index (χ0n) is 12.5. The maximum absolute atomic E-state index is 12.8. The van der Waals surface area contributed by atoms with Crippen LogP contribution in [0.3, 0.4) is 0 Å². The lowest BCUT2D eigenvalue weighted by Crippen LogP contribution is -2.32. The van der Waals surface area contributed by atoms with Crippen molar-refractivity contribution in [1.29, 1.82) is 0 Å². The predicted octanol–water partition coefficient (Wildman–Crippen LogP) is 2.61. The van der Waals surface area contributed by atoms with Gasteiger partial charge in [0.1, 0.15) is 0 Å². The molecule has 3 amide bonds. The minimum Gasteiger partial charge on any atom is -0.325 e. The second-order valence-corrected chi connectivity index (χ2v) is 6.76. The summed E-state index contributed by atoms with van der Waals surface area (Å²) < 4.78 is 0. The number of nitrogens with zero attached hydrogens (tertiary/aromatic N) is 1. The molecule has 0 spiro atoms. The summed E-state index contributed by atoms with van der Waals surface area (Å²) in [6.07, 6.45) is 5.02. The Morgan fingerprint density at radius 1 is 1.17 bits per heavy atom. The van der Waals surface area contributed by atoms with Gasteiger partial charge in [-0.05, 0) is 36.5 Å². The lowest BCUT2D eigenvalue weighted by molar-refractivity contribution is -0.123. The molecule has 1 aromatic rings. The fraction of sp³-hybridized carbons (Fsp3) is 0.353. The van der Waals surface area contributed by atoms with E-state index >= 15 is 0 Å². The number of rotatable bonds is 2. The van der Waals surface area contributed by atoms with Crippen LogP contribution in [0, 0.1) is 23.7 Å². The lowest BCUT2D eigenvalue weighted by atomic mass is 9.85. The summed E-state index contributed by atoms with van der Waals surface area (Å²) >= 11 is 6.06. The number of fused-ring (bicyclic) bond motifs is 5. The number of amides is 3. The van der Waals surface area contributed by atoms with E-state index in [1.54, 1.807) is 18.2 Å². The second-order valence-electron chi connectivity index (χ2n) is 6.36. The van der Waals surface area contributed by atoms with Gasteiger partial charge in [-0.2, -0.15) is 0 Å². The van der Waals surface area contributed by atoms with E-state index in [-0.39, 0.29) is 41.4 Å². The maximum atomic E-state index is 12.8. The van der Waals surface area contributed by atoms with E-state index in [4.69, 9.17) is 11.6 Å². The molecule has 2 aliphatic carbocycles. The predicted molar refractivity (Wildman–Crippen MR) is 86.0 cm³/mol. The third-order valence-corrected chi connectivity index (χ3v) is 5.32. The Labute approximate surface area is 138 Å². The van der Waals surface area contributed by atoms with Gasteiger partial charge in [0.25, 0.3) is 0 Å². The van der Waals surface area contributed by atoms with Crippen LogP contribution in [0.15, 0.2) is 30.4 Å². The number of carbonyl (C=O) groups is 3. The Morgan fingerprint density at radius 3 is 2.35 bits per heavy atom. The molecular formula is C17H15ClN2O3. The highest BCUT2D eigenvalue weighted by atomic mass is 35.5. The van der Waals surface area contributed by atoms with Crippen molar-refractivity contribution in [2.45, 2.75) is 13.3 Å². The lowest BCUT2D eigenvalue weighted by Gasteiger charge is -2.18. The highest BCUT2D eigenvalue weighted by Crippen LogP contribution is 2.53. The molecule has 23 heavy (non-hydrogen) atoms. The van der Waals surface area contributed by atoms with Crippen LogP contribution in [0.2, 0.25) is 5.02 Å². The fourth-order valence-corrected chi connectivity index (χ4v) is 4.26. The molecule has 6 heteroatoms. The molecule has 1 heterocycles. The molecule has 4 atom stereocenters. The number of benzene rings is 1. The summed E-state index contributed by atoms with van der Waals surface area (Å²) in [7, 11) is 0. The monoisotopic (exact) mass is 330 g/mol. The summed E-state index contributed by atoms with van der Waals surface area (Å²) in [5.41, 5.74) is 0.859. The van der Waals surface area contributed by atoms with Gasteiger partial charge in [0.2, 0.25) is 17.7 Å². The van der Waals surface area contributed by atoms with Crippen LogP contribution in [-0.4, -0.2) is 17.7 Å². The van der Waals surface area contributed by atoms with Crippen LogP contribution < -0.4 is 10.2 Å². The molecule has 1 saturated carbocycles. The molecule has 5 nitrogen and oxygen atoms in total. The largest absolute Gasteiger partial charge is 0.325 e. The number of allylic oxidation sites excluding steroid dienone is 2. The molecule has 2 fully saturated rings. The van der Waals surface area contributed by atoms with Crippen molar-refractivity contribution in [2.24, 2.45) is 23.7 Å². The van der Waals surface area contributed by atoms with Crippen LogP contribution in [0.5, 0.6) is 0 Å². The zero-order chi connectivity index (χ0) is 16.3. The van der Waals surface area contributed by atoms with Gasteiger partial charge in [0.05, 0.1) is 28.2 Å². The van der Waals surface area contributed by atoms with Crippen molar-refractivity contribution in [2.75, 3.05) is 10.2 Å². The number of halogens is 1. The number of carbonyl (C=O) groups excluding carboxylic acids is 3.